The van der Waals surface area contributed by atoms with Gasteiger partial charge in [-0.2, -0.15) is 0 Å². The number of thiol groups is 1. The molecule has 26 heavy (non-hydrogen) atoms. The Balaban J connectivity index is 1.33. The van der Waals surface area contributed by atoms with Crippen molar-refractivity contribution in [3.05, 3.63) is 63.7 Å². The monoisotopic (exact) mass is 372 g/mol. The summed E-state index contributed by atoms with van der Waals surface area (Å²) in [6, 6.07) is 10.4. The Bertz CT molecular complexity index is 798. The van der Waals surface area contributed by atoms with Gasteiger partial charge in [-0.25, -0.2) is 0 Å². The van der Waals surface area contributed by atoms with E-state index < -0.39 is 0 Å². The molecule has 1 aromatic carbocycles. The molecule has 1 aromatic heterocycles. The lowest BCUT2D eigenvalue weighted by molar-refractivity contribution is 0.229. The molecular weight excluding hydrogens is 348 g/mol. The van der Waals surface area contributed by atoms with E-state index in [1.807, 2.05) is 0 Å². The predicted octanol–water partition coefficient (Wildman–Crippen LogP) is 3.14. The van der Waals surface area contributed by atoms with Crippen LogP contribution in [0.1, 0.15) is 36.1 Å². The number of benzene rings is 1. The van der Waals surface area contributed by atoms with Gasteiger partial charge in [0.2, 0.25) is 11.2 Å². The van der Waals surface area contributed by atoms with Crippen LogP contribution in [0.2, 0.25) is 0 Å². The van der Waals surface area contributed by atoms with Crippen LogP contribution in [0.5, 0.6) is 5.75 Å². The molecule has 1 N–H and O–H groups in total. The standard InChI is InChI=1S/C20H24N2O3S/c23-19-8-18(11-22-9-15-3-1-2-4-16(15)10-22)24-13-20(19)25-12-14-5-6-17(7-14)21-26/h1-4,8,13-14,17,21,26H,5-7,9-12H2/t14-,17+/m0/s1. The van der Waals surface area contributed by atoms with Gasteiger partial charge in [0.1, 0.15) is 12.0 Å². The number of ether oxygens (including phenoxy) is 1. The molecule has 1 fully saturated rings. The zero-order valence-corrected chi connectivity index (χ0v) is 15.6. The SMILES string of the molecule is O=c1cc(CN2Cc3ccccc3C2)occ1OC[C@H]1CC[C@@H](NS)C1. The van der Waals surface area contributed by atoms with Gasteiger partial charge in [-0.1, -0.05) is 37.1 Å². The van der Waals surface area contributed by atoms with Gasteiger partial charge >= 0.3 is 0 Å². The van der Waals surface area contributed by atoms with Gasteiger partial charge in [0.25, 0.3) is 0 Å². The summed E-state index contributed by atoms with van der Waals surface area (Å²) in [7, 11) is 0. The van der Waals surface area contributed by atoms with E-state index in [0.717, 1.165) is 32.4 Å². The molecule has 0 bridgehead atoms. The van der Waals surface area contributed by atoms with Crippen LogP contribution < -0.4 is 14.9 Å². The van der Waals surface area contributed by atoms with E-state index in [2.05, 4.69) is 46.7 Å². The van der Waals surface area contributed by atoms with Crippen LogP contribution >= 0.6 is 12.8 Å². The molecule has 0 radical (unpaired) electrons. The molecule has 2 aliphatic rings. The van der Waals surface area contributed by atoms with Crippen molar-refractivity contribution in [1.29, 1.82) is 0 Å². The Morgan fingerprint density at radius 1 is 1.23 bits per heavy atom. The van der Waals surface area contributed by atoms with Crippen molar-refractivity contribution < 1.29 is 9.15 Å². The van der Waals surface area contributed by atoms with Crippen LogP contribution in [0.15, 0.2) is 45.8 Å². The van der Waals surface area contributed by atoms with E-state index in [1.54, 1.807) is 6.07 Å². The Kier molecular flexibility index (Phi) is 5.33. The minimum absolute atomic E-state index is 0.107. The fraction of sp³-hybridized carbons (Fsp3) is 0.450. The van der Waals surface area contributed by atoms with Gasteiger partial charge in [0.05, 0.1) is 13.2 Å². The highest BCUT2D eigenvalue weighted by molar-refractivity contribution is 7.78. The van der Waals surface area contributed by atoms with Gasteiger partial charge < -0.3 is 9.15 Å². The first kappa shape index (κ1) is 17.6. The highest BCUT2D eigenvalue weighted by Gasteiger charge is 2.24. The number of fused-ring (bicyclic) bond motifs is 1. The number of hydrogen-bond donors (Lipinski definition) is 2. The van der Waals surface area contributed by atoms with Crippen molar-refractivity contribution in [2.75, 3.05) is 6.61 Å². The lowest BCUT2D eigenvalue weighted by atomic mass is 10.1. The van der Waals surface area contributed by atoms with E-state index in [4.69, 9.17) is 9.15 Å². The first-order valence-electron chi connectivity index (χ1n) is 9.14. The summed E-state index contributed by atoms with van der Waals surface area (Å²) in [5.41, 5.74) is 2.59. The smallest absolute Gasteiger partial charge is 0.227 e. The number of hydrogen-bond acceptors (Lipinski definition) is 6. The van der Waals surface area contributed by atoms with Crippen molar-refractivity contribution in [2.45, 2.75) is 44.9 Å². The molecule has 2 atom stereocenters. The molecule has 2 heterocycles. The number of rotatable bonds is 6. The van der Waals surface area contributed by atoms with Crippen molar-refractivity contribution in [3.63, 3.8) is 0 Å². The van der Waals surface area contributed by atoms with E-state index in [9.17, 15) is 4.79 Å². The molecule has 1 aliphatic heterocycles. The van der Waals surface area contributed by atoms with Crippen molar-refractivity contribution >= 4 is 12.8 Å². The van der Waals surface area contributed by atoms with Crippen LogP contribution in [0, 0.1) is 5.92 Å². The lowest BCUT2D eigenvalue weighted by Crippen LogP contribution is -2.19. The van der Waals surface area contributed by atoms with Crippen molar-refractivity contribution in [2.24, 2.45) is 5.92 Å². The Hall–Kier alpha value is -1.76. The number of nitrogens with one attached hydrogen (secondary N) is 1. The lowest BCUT2D eigenvalue weighted by Gasteiger charge is -2.14. The van der Waals surface area contributed by atoms with Crippen LogP contribution in [-0.2, 0) is 19.6 Å². The van der Waals surface area contributed by atoms with Crippen molar-refractivity contribution in [3.8, 4) is 5.75 Å². The third-order valence-electron chi connectivity index (χ3n) is 5.34. The molecular formula is C20H24N2O3S. The Labute approximate surface area is 158 Å². The number of nitrogens with zero attached hydrogens (tertiary/aromatic N) is 1. The van der Waals surface area contributed by atoms with Crippen LogP contribution in [0.25, 0.3) is 0 Å². The minimum atomic E-state index is -0.107. The van der Waals surface area contributed by atoms with Crippen LogP contribution in [-0.4, -0.2) is 17.5 Å². The second kappa shape index (κ2) is 7.86. The minimum Gasteiger partial charge on any atom is -0.486 e. The second-order valence-corrected chi connectivity index (χ2v) is 7.56. The van der Waals surface area contributed by atoms with E-state index in [-0.39, 0.29) is 5.43 Å². The summed E-state index contributed by atoms with van der Waals surface area (Å²) < 4.78 is 14.4. The zero-order chi connectivity index (χ0) is 17.9. The molecule has 0 spiro atoms. The third-order valence-corrected chi connectivity index (χ3v) is 5.70. The Morgan fingerprint density at radius 3 is 2.65 bits per heavy atom. The normalized spacial score (nSPS) is 22.5. The van der Waals surface area contributed by atoms with E-state index >= 15 is 0 Å². The van der Waals surface area contributed by atoms with E-state index in [0.29, 0.717) is 36.6 Å². The maximum atomic E-state index is 12.3. The summed E-state index contributed by atoms with van der Waals surface area (Å²) in [6.07, 6.45) is 4.69. The van der Waals surface area contributed by atoms with Crippen molar-refractivity contribution in [1.82, 2.24) is 9.62 Å². The fourth-order valence-corrected chi connectivity index (χ4v) is 4.15. The summed E-state index contributed by atoms with van der Waals surface area (Å²) in [6.45, 7) is 2.96. The molecule has 1 saturated carbocycles. The average Bonchev–Trinajstić information content (AvgIpc) is 3.26. The molecule has 138 valence electrons. The Morgan fingerprint density at radius 2 is 2.00 bits per heavy atom. The predicted molar refractivity (Wildman–Crippen MR) is 103 cm³/mol. The summed E-state index contributed by atoms with van der Waals surface area (Å²) in [5.74, 6) is 1.44. The molecule has 5 nitrogen and oxygen atoms in total. The van der Waals surface area contributed by atoms with Crippen LogP contribution in [0.3, 0.4) is 0 Å². The second-order valence-electron chi connectivity index (χ2n) is 7.30. The molecule has 6 heteroatoms. The summed E-state index contributed by atoms with van der Waals surface area (Å²) in [5, 5.41) is 0. The molecule has 0 unspecified atom stereocenters. The zero-order valence-electron chi connectivity index (χ0n) is 14.7. The molecule has 2 aromatic rings. The van der Waals surface area contributed by atoms with Gasteiger partial charge in [-0.15, -0.1) is 0 Å². The van der Waals surface area contributed by atoms with Gasteiger partial charge in [0.15, 0.2) is 0 Å². The first-order chi connectivity index (χ1) is 12.7. The molecule has 4 rings (SSSR count). The van der Waals surface area contributed by atoms with Gasteiger partial charge in [0, 0.05) is 25.2 Å². The fourth-order valence-electron chi connectivity index (χ4n) is 3.91. The first-order valence-corrected chi connectivity index (χ1v) is 9.59. The largest absolute Gasteiger partial charge is 0.486 e. The molecule has 0 amide bonds. The van der Waals surface area contributed by atoms with Gasteiger partial charge in [-0.3, -0.25) is 14.4 Å². The maximum absolute atomic E-state index is 12.3. The van der Waals surface area contributed by atoms with Gasteiger partial charge in [-0.05, 0) is 36.3 Å². The van der Waals surface area contributed by atoms with Crippen LogP contribution in [0.4, 0.5) is 0 Å². The quantitative estimate of drug-likeness (QED) is 0.763. The third kappa shape index (κ3) is 3.98. The highest BCUT2D eigenvalue weighted by Crippen LogP contribution is 2.27. The maximum Gasteiger partial charge on any atom is 0.227 e. The molecule has 1 aliphatic carbocycles. The molecule has 0 saturated heterocycles. The topological polar surface area (TPSA) is 54.7 Å². The van der Waals surface area contributed by atoms with E-state index in [1.165, 1.54) is 17.4 Å². The summed E-state index contributed by atoms with van der Waals surface area (Å²) in [4.78, 5) is 14.6. The highest BCUT2D eigenvalue weighted by atomic mass is 32.1. The summed E-state index contributed by atoms with van der Waals surface area (Å²) >= 11 is 4.13. The average molecular weight is 372 g/mol.